The van der Waals surface area contributed by atoms with Crippen LogP contribution in [0.25, 0.3) is 0 Å². The molecule has 0 aliphatic carbocycles. The molecule has 1 aromatic rings. The van der Waals surface area contributed by atoms with Gasteiger partial charge >= 0.3 is 0 Å². The minimum atomic E-state index is 0.208. The molecule has 3 heteroatoms. The molecule has 0 saturated carbocycles. The second-order valence-electron chi connectivity index (χ2n) is 3.75. The highest BCUT2D eigenvalue weighted by molar-refractivity contribution is 6.20. The molecule has 2 nitrogen and oxygen atoms in total. The summed E-state index contributed by atoms with van der Waals surface area (Å²) in [7, 11) is 0. The maximum Gasteiger partial charge on any atom is 0.0402 e. The molecule has 1 rings (SSSR count). The Balaban J connectivity index is 2.56. The van der Waals surface area contributed by atoms with Crippen molar-refractivity contribution in [2.24, 2.45) is 0 Å². The molecule has 2 unspecified atom stereocenters. The summed E-state index contributed by atoms with van der Waals surface area (Å²) in [5, 5.41) is 3.63. The molecule has 0 spiro atoms. The molecule has 0 amide bonds. The summed E-state index contributed by atoms with van der Waals surface area (Å²) in [6, 6.07) is 2.38. The van der Waals surface area contributed by atoms with Gasteiger partial charge in [0.1, 0.15) is 0 Å². The second kappa shape index (κ2) is 5.20. The van der Waals surface area contributed by atoms with E-state index >= 15 is 0 Å². The fraction of sp³-hybridized carbons (Fsp3) is 0.545. The molecule has 0 fully saturated rings. The monoisotopic (exact) mass is 212 g/mol. The van der Waals surface area contributed by atoms with E-state index in [2.05, 4.69) is 17.2 Å². The zero-order chi connectivity index (χ0) is 10.6. The van der Waals surface area contributed by atoms with E-state index in [1.54, 1.807) is 6.20 Å². The van der Waals surface area contributed by atoms with E-state index in [-0.39, 0.29) is 5.38 Å². The first-order chi connectivity index (χ1) is 6.59. The Kier molecular flexibility index (Phi) is 4.21. The largest absolute Gasteiger partial charge is 0.382 e. The van der Waals surface area contributed by atoms with Crippen LogP contribution in [0.3, 0.4) is 0 Å². The van der Waals surface area contributed by atoms with Crippen LogP contribution in [0.15, 0.2) is 18.5 Å². The summed E-state index contributed by atoms with van der Waals surface area (Å²) in [5.41, 5.74) is 2.31. The number of anilines is 1. The highest BCUT2D eigenvalue weighted by Gasteiger charge is 2.06. The van der Waals surface area contributed by atoms with Gasteiger partial charge in [-0.05, 0) is 38.8 Å². The first-order valence-electron chi connectivity index (χ1n) is 4.91. The summed E-state index contributed by atoms with van der Waals surface area (Å²) >= 11 is 5.93. The fourth-order valence-electron chi connectivity index (χ4n) is 1.45. The quantitative estimate of drug-likeness (QED) is 0.776. The standard InChI is InChI=1S/C11H17ClN2/c1-8-7-13-5-4-11(8)14-10(3)6-9(2)12/h4-5,7,9-10H,6H2,1-3H3,(H,13,14). The molecule has 0 radical (unpaired) electrons. The Morgan fingerprint density at radius 1 is 1.50 bits per heavy atom. The summed E-state index contributed by atoms with van der Waals surface area (Å²) < 4.78 is 0. The predicted octanol–water partition coefficient (Wildman–Crippen LogP) is 3.21. The van der Waals surface area contributed by atoms with Crippen LogP contribution in [0.1, 0.15) is 25.8 Å². The Bertz CT molecular complexity index is 286. The van der Waals surface area contributed by atoms with Crippen molar-refractivity contribution in [3.8, 4) is 0 Å². The van der Waals surface area contributed by atoms with Crippen LogP contribution in [0, 0.1) is 6.92 Å². The molecule has 0 aliphatic heterocycles. The Labute approximate surface area is 90.7 Å². The SMILES string of the molecule is Cc1cnccc1NC(C)CC(C)Cl. The minimum Gasteiger partial charge on any atom is -0.382 e. The van der Waals surface area contributed by atoms with Crippen molar-refractivity contribution in [3.63, 3.8) is 0 Å². The molecule has 0 saturated heterocycles. The van der Waals surface area contributed by atoms with E-state index in [1.165, 1.54) is 5.56 Å². The van der Waals surface area contributed by atoms with Gasteiger partial charge in [-0.2, -0.15) is 0 Å². The number of aryl methyl sites for hydroxylation is 1. The molecule has 1 aromatic heterocycles. The molecular weight excluding hydrogens is 196 g/mol. The number of aromatic nitrogens is 1. The molecular formula is C11H17ClN2. The van der Waals surface area contributed by atoms with Crippen LogP contribution in [-0.2, 0) is 0 Å². The van der Waals surface area contributed by atoms with E-state index < -0.39 is 0 Å². The van der Waals surface area contributed by atoms with Crippen LogP contribution < -0.4 is 5.32 Å². The van der Waals surface area contributed by atoms with Crippen molar-refractivity contribution in [2.75, 3.05) is 5.32 Å². The van der Waals surface area contributed by atoms with Crippen molar-refractivity contribution in [1.82, 2.24) is 4.98 Å². The predicted molar refractivity (Wildman–Crippen MR) is 62.0 cm³/mol. The van der Waals surface area contributed by atoms with Gasteiger partial charge < -0.3 is 5.32 Å². The third-order valence-corrected chi connectivity index (χ3v) is 2.28. The lowest BCUT2D eigenvalue weighted by atomic mass is 10.1. The van der Waals surface area contributed by atoms with E-state index in [1.807, 2.05) is 26.1 Å². The van der Waals surface area contributed by atoms with Gasteiger partial charge in [-0.25, -0.2) is 0 Å². The van der Waals surface area contributed by atoms with Crippen molar-refractivity contribution in [3.05, 3.63) is 24.0 Å². The average molecular weight is 213 g/mol. The summed E-state index contributed by atoms with van der Waals surface area (Å²) in [6.45, 7) is 6.20. The molecule has 1 N–H and O–H groups in total. The first-order valence-corrected chi connectivity index (χ1v) is 5.34. The Morgan fingerprint density at radius 3 is 2.79 bits per heavy atom. The van der Waals surface area contributed by atoms with E-state index in [4.69, 9.17) is 11.6 Å². The summed E-state index contributed by atoms with van der Waals surface area (Å²) in [5.74, 6) is 0. The Hall–Kier alpha value is -0.760. The zero-order valence-corrected chi connectivity index (χ0v) is 9.67. The molecule has 2 atom stereocenters. The zero-order valence-electron chi connectivity index (χ0n) is 8.92. The van der Waals surface area contributed by atoms with Gasteiger partial charge in [0.2, 0.25) is 0 Å². The molecule has 0 aromatic carbocycles. The number of rotatable bonds is 4. The van der Waals surface area contributed by atoms with Gasteiger partial charge in [0.15, 0.2) is 0 Å². The fourth-order valence-corrected chi connectivity index (χ4v) is 1.71. The lowest BCUT2D eigenvalue weighted by Crippen LogP contribution is -2.19. The number of hydrogen-bond donors (Lipinski definition) is 1. The Morgan fingerprint density at radius 2 is 2.21 bits per heavy atom. The third-order valence-electron chi connectivity index (χ3n) is 2.10. The molecule has 14 heavy (non-hydrogen) atoms. The number of nitrogens with one attached hydrogen (secondary N) is 1. The van der Waals surface area contributed by atoms with Crippen LogP contribution in [0.5, 0.6) is 0 Å². The van der Waals surface area contributed by atoms with Gasteiger partial charge in [0.25, 0.3) is 0 Å². The van der Waals surface area contributed by atoms with Gasteiger partial charge in [0.05, 0.1) is 0 Å². The molecule has 1 heterocycles. The topological polar surface area (TPSA) is 24.9 Å². The van der Waals surface area contributed by atoms with Gasteiger partial charge in [0, 0.05) is 29.5 Å². The minimum absolute atomic E-state index is 0.208. The normalized spacial score (nSPS) is 14.9. The molecule has 0 aliphatic rings. The summed E-state index contributed by atoms with van der Waals surface area (Å²) in [6.07, 6.45) is 4.62. The number of nitrogens with zero attached hydrogens (tertiary/aromatic N) is 1. The number of pyridine rings is 1. The highest BCUT2D eigenvalue weighted by Crippen LogP contribution is 2.15. The number of alkyl halides is 1. The maximum absolute atomic E-state index is 5.93. The van der Waals surface area contributed by atoms with Crippen LogP contribution >= 0.6 is 11.6 Å². The maximum atomic E-state index is 5.93. The van der Waals surface area contributed by atoms with Crippen molar-refractivity contribution in [1.29, 1.82) is 0 Å². The van der Waals surface area contributed by atoms with Crippen LogP contribution in [-0.4, -0.2) is 16.4 Å². The van der Waals surface area contributed by atoms with Crippen LogP contribution in [0.4, 0.5) is 5.69 Å². The van der Waals surface area contributed by atoms with Gasteiger partial charge in [-0.3, -0.25) is 4.98 Å². The first kappa shape index (κ1) is 11.3. The van der Waals surface area contributed by atoms with Crippen molar-refractivity contribution < 1.29 is 0 Å². The second-order valence-corrected chi connectivity index (χ2v) is 4.50. The lowest BCUT2D eigenvalue weighted by molar-refractivity contribution is 0.696. The number of hydrogen-bond acceptors (Lipinski definition) is 2. The number of halogens is 1. The lowest BCUT2D eigenvalue weighted by Gasteiger charge is -2.17. The van der Waals surface area contributed by atoms with Crippen molar-refractivity contribution >= 4 is 17.3 Å². The summed E-state index contributed by atoms with van der Waals surface area (Å²) in [4.78, 5) is 4.05. The van der Waals surface area contributed by atoms with Gasteiger partial charge in [-0.15, -0.1) is 11.6 Å². The van der Waals surface area contributed by atoms with E-state index in [0.29, 0.717) is 6.04 Å². The van der Waals surface area contributed by atoms with Gasteiger partial charge in [-0.1, -0.05) is 0 Å². The molecule has 0 bridgehead atoms. The van der Waals surface area contributed by atoms with Crippen LogP contribution in [0.2, 0.25) is 0 Å². The van der Waals surface area contributed by atoms with E-state index in [0.717, 1.165) is 12.1 Å². The van der Waals surface area contributed by atoms with E-state index in [9.17, 15) is 0 Å². The molecule has 78 valence electrons. The average Bonchev–Trinajstić information content (AvgIpc) is 2.07. The smallest absolute Gasteiger partial charge is 0.0402 e. The van der Waals surface area contributed by atoms with Crippen molar-refractivity contribution in [2.45, 2.75) is 38.6 Å². The highest BCUT2D eigenvalue weighted by atomic mass is 35.5. The third kappa shape index (κ3) is 3.54.